The molecule has 2 heterocycles. The molecule has 0 radical (unpaired) electrons. The second-order valence-corrected chi connectivity index (χ2v) is 9.73. The summed E-state index contributed by atoms with van der Waals surface area (Å²) in [5, 5.41) is 11.3. The van der Waals surface area contributed by atoms with Gasteiger partial charge in [0.05, 0.1) is 13.7 Å². The Morgan fingerprint density at radius 2 is 1.78 bits per heavy atom. The number of aliphatic imine (C=N–C) groups is 1. The van der Waals surface area contributed by atoms with Crippen molar-refractivity contribution in [2.24, 2.45) is 15.8 Å². The van der Waals surface area contributed by atoms with Gasteiger partial charge in [-0.1, -0.05) is 54.1 Å². The molecular formula is C29H27ClN6O5. The number of nitrogens with one attached hydrogen (secondary N) is 2. The Bertz CT molecular complexity index is 1490. The summed E-state index contributed by atoms with van der Waals surface area (Å²) in [6.07, 6.45) is 0.187. The van der Waals surface area contributed by atoms with E-state index in [1.165, 1.54) is 0 Å². The Morgan fingerprint density at radius 1 is 1.07 bits per heavy atom. The van der Waals surface area contributed by atoms with Crippen molar-refractivity contribution in [3.05, 3.63) is 101 Å². The number of hydrogen-bond acceptors (Lipinski definition) is 8. The molecule has 12 heteroatoms. The second kappa shape index (κ2) is 12.2. The number of carbonyl (C=O) groups excluding carboxylic acids is 3. The molecule has 11 nitrogen and oxygen atoms in total. The summed E-state index contributed by atoms with van der Waals surface area (Å²) in [5.74, 6) is -0.867. The summed E-state index contributed by atoms with van der Waals surface area (Å²) in [7, 11) is 1.55. The van der Waals surface area contributed by atoms with Gasteiger partial charge in [0, 0.05) is 17.0 Å². The molecular weight excluding hydrogens is 548 g/mol. The molecule has 1 unspecified atom stereocenters. The van der Waals surface area contributed by atoms with Crippen LogP contribution in [0.15, 0.2) is 89.0 Å². The summed E-state index contributed by atoms with van der Waals surface area (Å²) in [4.78, 5) is 44.3. The first kappa shape index (κ1) is 27.8. The highest BCUT2D eigenvalue weighted by molar-refractivity contribution is 6.30. The van der Waals surface area contributed by atoms with Crippen LogP contribution in [0.25, 0.3) is 0 Å². The predicted molar refractivity (Wildman–Crippen MR) is 152 cm³/mol. The van der Waals surface area contributed by atoms with Gasteiger partial charge in [0.2, 0.25) is 17.7 Å². The lowest BCUT2D eigenvalue weighted by Crippen LogP contribution is -2.58. The topological polar surface area (TPSA) is 148 Å². The van der Waals surface area contributed by atoms with Crippen LogP contribution in [-0.4, -0.2) is 60.4 Å². The molecule has 41 heavy (non-hydrogen) atoms. The molecule has 0 spiro atoms. The van der Waals surface area contributed by atoms with E-state index in [1.807, 2.05) is 30.3 Å². The monoisotopic (exact) mass is 574 g/mol. The number of ether oxygens (including phenoxy) is 2. The Morgan fingerprint density at radius 3 is 2.44 bits per heavy atom. The van der Waals surface area contributed by atoms with Crippen molar-refractivity contribution < 1.29 is 23.9 Å². The van der Waals surface area contributed by atoms with E-state index in [0.717, 1.165) is 10.6 Å². The number of hydrazone groups is 1. The van der Waals surface area contributed by atoms with E-state index in [4.69, 9.17) is 26.8 Å². The Labute approximate surface area is 241 Å². The van der Waals surface area contributed by atoms with E-state index in [2.05, 4.69) is 20.7 Å². The molecule has 3 aromatic carbocycles. The number of benzene rings is 3. The molecule has 0 saturated carbocycles. The van der Waals surface area contributed by atoms with Gasteiger partial charge in [-0.2, -0.15) is 0 Å². The van der Waals surface area contributed by atoms with Crippen molar-refractivity contribution in [3.63, 3.8) is 0 Å². The number of halogens is 1. The smallest absolute Gasteiger partial charge is 0.323 e. The third-order valence-corrected chi connectivity index (χ3v) is 6.82. The predicted octanol–water partition coefficient (Wildman–Crippen LogP) is 2.15. The van der Waals surface area contributed by atoms with E-state index in [-0.39, 0.29) is 24.9 Å². The fourth-order valence-corrected chi connectivity index (χ4v) is 4.58. The normalized spacial score (nSPS) is 18.4. The summed E-state index contributed by atoms with van der Waals surface area (Å²) in [6, 6.07) is 19.9. The van der Waals surface area contributed by atoms with Crippen LogP contribution in [0.1, 0.15) is 22.7 Å². The molecule has 0 fully saturated rings. The van der Waals surface area contributed by atoms with Crippen LogP contribution >= 0.6 is 11.6 Å². The number of fused-ring (bicyclic) bond motifs is 1. The largest absolute Gasteiger partial charge is 0.497 e. The van der Waals surface area contributed by atoms with Gasteiger partial charge in [-0.15, -0.1) is 10.1 Å². The average molecular weight is 575 g/mol. The Balaban J connectivity index is 1.47. The van der Waals surface area contributed by atoms with E-state index in [1.54, 1.807) is 55.6 Å². The van der Waals surface area contributed by atoms with E-state index >= 15 is 0 Å². The van der Waals surface area contributed by atoms with E-state index < -0.39 is 35.8 Å². The number of carbonyl (C=O) groups is 3. The quantitative estimate of drug-likeness (QED) is 0.357. The first-order valence-electron chi connectivity index (χ1n) is 12.8. The van der Waals surface area contributed by atoms with Crippen LogP contribution in [0, 0.1) is 0 Å². The molecule has 3 amide bonds. The zero-order valence-electron chi connectivity index (χ0n) is 22.0. The maximum absolute atomic E-state index is 13.8. The highest BCUT2D eigenvalue weighted by Gasteiger charge is 2.45. The molecule has 4 N–H and O–H groups in total. The van der Waals surface area contributed by atoms with Crippen molar-refractivity contribution in [2.45, 2.75) is 24.5 Å². The molecule has 0 aliphatic carbocycles. The molecule has 2 aliphatic rings. The third-order valence-electron chi connectivity index (χ3n) is 6.57. The van der Waals surface area contributed by atoms with Gasteiger partial charge in [-0.3, -0.25) is 14.4 Å². The van der Waals surface area contributed by atoms with Gasteiger partial charge in [-0.05, 0) is 47.5 Å². The molecule has 0 aromatic heterocycles. The summed E-state index contributed by atoms with van der Waals surface area (Å²) in [6.45, 7) is -0.295. The number of nitrogens with two attached hydrogens (primary N) is 1. The van der Waals surface area contributed by atoms with Crippen LogP contribution in [0.2, 0.25) is 5.02 Å². The Hall–Kier alpha value is -4.74. The van der Waals surface area contributed by atoms with Gasteiger partial charge in [0.15, 0.2) is 0 Å². The molecule has 210 valence electrons. The molecule has 3 atom stereocenters. The van der Waals surface area contributed by atoms with Crippen molar-refractivity contribution >= 4 is 41.2 Å². The van der Waals surface area contributed by atoms with Gasteiger partial charge < -0.3 is 25.8 Å². The molecule has 0 bridgehead atoms. The van der Waals surface area contributed by atoms with Gasteiger partial charge >= 0.3 is 6.02 Å². The standard InChI is InChI=1S/C29H27ClN6O5/c1-40-21-13-9-18(10-14-21)24-25(33-26(38)22(32-23(37)16-31)15-17-5-3-2-4-6-17)28(39)36-29(34-24)41-27(35-36)19-7-11-20(30)12-8-19/h2-14,22,24-25H,15-16,31H2,1H3,(H,32,37)(H,33,38)/t22?,24-,25+/m1/s1. The maximum Gasteiger partial charge on any atom is 0.323 e. The van der Waals surface area contributed by atoms with E-state index in [9.17, 15) is 14.4 Å². The minimum absolute atomic E-state index is 0.0245. The number of rotatable bonds is 9. The zero-order valence-corrected chi connectivity index (χ0v) is 22.7. The SMILES string of the molecule is COc1ccc([C@H]2N=C3OC(c4ccc(Cl)cc4)=NN3C(=O)[C@H]2NC(=O)C(Cc2ccccc2)NC(=O)CN)cc1. The van der Waals surface area contributed by atoms with Crippen LogP contribution in [0.3, 0.4) is 0 Å². The Kier molecular flexibility index (Phi) is 8.27. The minimum atomic E-state index is -1.16. The number of amides is 3. The second-order valence-electron chi connectivity index (χ2n) is 9.29. The summed E-state index contributed by atoms with van der Waals surface area (Å²) < 4.78 is 11.1. The van der Waals surface area contributed by atoms with Crippen LogP contribution < -0.4 is 21.1 Å². The first-order chi connectivity index (χ1) is 19.9. The van der Waals surface area contributed by atoms with Crippen LogP contribution in [0.4, 0.5) is 0 Å². The van der Waals surface area contributed by atoms with Crippen molar-refractivity contribution in [2.75, 3.05) is 13.7 Å². The van der Waals surface area contributed by atoms with Crippen molar-refractivity contribution in [3.8, 4) is 5.75 Å². The molecule has 5 rings (SSSR count). The van der Waals surface area contributed by atoms with Crippen molar-refractivity contribution in [1.82, 2.24) is 15.6 Å². The molecule has 2 aliphatic heterocycles. The van der Waals surface area contributed by atoms with E-state index in [0.29, 0.717) is 21.9 Å². The highest BCUT2D eigenvalue weighted by Crippen LogP contribution is 2.31. The number of methoxy groups -OCH3 is 1. The van der Waals surface area contributed by atoms with Gasteiger partial charge in [-0.25, -0.2) is 4.99 Å². The summed E-state index contributed by atoms with van der Waals surface area (Å²) in [5.41, 5.74) is 7.54. The highest BCUT2D eigenvalue weighted by atomic mass is 35.5. The number of hydrogen-bond donors (Lipinski definition) is 3. The lowest BCUT2D eigenvalue weighted by molar-refractivity contribution is -0.136. The minimum Gasteiger partial charge on any atom is -0.497 e. The fourth-order valence-electron chi connectivity index (χ4n) is 4.45. The lowest BCUT2D eigenvalue weighted by Gasteiger charge is -2.32. The van der Waals surface area contributed by atoms with Crippen molar-refractivity contribution in [1.29, 1.82) is 0 Å². The molecule has 0 saturated heterocycles. The van der Waals surface area contributed by atoms with Crippen LogP contribution in [-0.2, 0) is 25.5 Å². The lowest BCUT2D eigenvalue weighted by atomic mass is 9.96. The maximum atomic E-state index is 13.8. The fraction of sp³-hybridized carbons (Fsp3) is 0.207. The average Bonchev–Trinajstić information content (AvgIpc) is 3.43. The zero-order chi connectivity index (χ0) is 28.9. The molecule has 3 aromatic rings. The van der Waals surface area contributed by atoms with Gasteiger partial charge in [0.1, 0.15) is 23.9 Å². The third kappa shape index (κ3) is 6.21. The first-order valence-corrected chi connectivity index (χ1v) is 13.2. The summed E-state index contributed by atoms with van der Waals surface area (Å²) >= 11 is 6.01. The number of amidine groups is 1. The van der Waals surface area contributed by atoms with Crippen LogP contribution in [0.5, 0.6) is 5.75 Å². The van der Waals surface area contributed by atoms with Gasteiger partial charge in [0.25, 0.3) is 5.91 Å². The number of nitrogens with zero attached hydrogens (tertiary/aromatic N) is 3.